The predicted octanol–water partition coefficient (Wildman–Crippen LogP) is 4.50. The van der Waals surface area contributed by atoms with Crippen LogP contribution in [-0.2, 0) is 25.6 Å². The molecule has 0 radical (unpaired) electrons. The van der Waals surface area contributed by atoms with Crippen LogP contribution in [0.2, 0.25) is 0 Å². The van der Waals surface area contributed by atoms with Gasteiger partial charge in [-0.15, -0.1) is 11.8 Å². The van der Waals surface area contributed by atoms with Gasteiger partial charge in [-0.25, -0.2) is 13.2 Å². The lowest BCUT2D eigenvalue weighted by Crippen LogP contribution is -2.53. The standard InChI is InChI=1S/C27H35F3N4O4S2.C2HF3O2/c1-16(2)33-19-6-4-17(15-40(37,38)21-9-7-20(39-3)8-10-21)24(13-19)34-25(35)14-32-26(36)22-12-18(27(28,29)30)5-11-23(22)31;3-2(4,5)1(6)7/h5,7-12,16-17,19,24,33H,4,6,13-15,31H2,1-3H3,(H,32,36)(H,34,35);(H,6,7)/t17-,19+,24-;/m0./s1. The number of aliphatic carboxylic acids is 1. The van der Waals surface area contributed by atoms with E-state index in [-0.39, 0.29) is 34.3 Å². The number of nitrogens with two attached hydrogens (primary N) is 1. The molecule has 10 nitrogen and oxygen atoms in total. The number of carbonyl (C=O) groups excluding carboxylic acids is 2. The van der Waals surface area contributed by atoms with Crippen molar-refractivity contribution in [3.05, 3.63) is 53.6 Å². The van der Waals surface area contributed by atoms with Crippen LogP contribution in [0.15, 0.2) is 52.3 Å². The van der Waals surface area contributed by atoms with E-state index < -0.39 is 63.7 Å². The molecule has 6 N–H and O–H groups in total. The number of carbonyl (C=O) groups is 3. The minimum absolute atomic E-state index is 0.0598. The number of hydrogen-bond donors (Lipinski definition) is 5. The number of carboxylic acids is 1. The Hall–Kier alpha value is -3.51. The summed E-state index contributed by atoms with van der Waals surface area (Å²) in [6.45, 7) is 3.48. The molecule has 47 heavy (non-hydrogen) atoms. The van der Waals surface area contributed by atoms with Crippen molar-refractivity contribution in [1.82, 2.24) is 16.0 Å². The maximum absolute atomic E-state index is 13.2. The highest BCUT2D eigenvalue weighted by atomic mass is 32.2. The van der Waals surface area contributed by atoms with Crippen molar-refractivity contribution >= 4 is 45.1 Å². The molecule has 2 amide bonds. The average Bonchev–Trinajstić information content (AvgIpc) is 2.96. The Morgan fingerprint density at radius 3 is 2.13 bits per heavy atom. The van der Waals surface area contributed by atoms with Crippen LogP contribution in [0.1, 0.15) is 49.0 Å². The molecule has 262 valence electrons. The first-order valence-corrected chi connectivity index (χ1v) is 17.0. The lowest BCUT2D eigenvalue weighted by atomic mass is 9.82. The molecular formula is C29H36F6N4O6S2. The number of sulfone groups is 1. The zero-order valence-electron chi connectivity index (χ0n) is 25.5. The van der Waals surface area contributed by atoms with Gasteiger partial charge in [0.25, 0.3) is 5.91 Å². The summed E-state index contributed by atoms with van der Waals surface area (Å²) in [6.07, 6.45) is -6.05. The van der Waals surface area contributed by atoms with E-state index in [1.165, 1.54) is 11.8 Å². The van der Waals surface area contributed by atoms with Crippen molar-refractivity contribution in [3.63, 3.8) is 0 Å². The maximum atomic E-state index is 13.2. The number of alkyl halides is 6. The smallest absolute Gasteiger partial charge is 0.475 e. The Balaban J connectivity index is 0.000000984. The number of halogens is 6. The summed E-state index contributed by atoms with van der Waals surface area (Å²) in [6, 6.07) is 8.81. The zero-order valence-corrected chi connectivity index (χ0v) is 27.2. The Bertz CT molecular complexity index is 1500. The third kappa shape index (κ3) is 12.6. The summed E-state index contributed by atoms with van der Waals surface area (Å²) in [7, 11) is -3.63. The fourth-order valence-electron chi connectivity index (χ4n) is 4.84. The van der Waals surface area contributed by atoms with Gasteiger partial charge >= 0.3 is 18.3 Å². The molecule has 0 unspecified atom stereocenters. The van der Waals surface area contributed by atoms with E-state index in [2.05, 4.69) is 16.0 Å². The van der Waals surface area contributed by atoms with E-state index in [1.54, 1.807) is 24.3 Å². The second kappa shape index (κ2) is 16.5. The van der Waals surface area contributed by atoms with Gasteiger partial charge < -0.3 is 26.8 Å². The lowest BCUT2D eigenvalue weighted by molar-refractivity contribution is -0.192. The van der Waals surface area contributed by atoms with Crippen LogP contribution in [0.3, 0.4) is 0 Å². The number of thioether (sulfide) groups is 1. The zero-order chi connectivity index (χ0) is 35.7. The van der Waals surface area contributed by atoms with Crippen molar-refractivity contribution < 1.29 is 54.3 Å². The predicted molar refractivity (Wildman–Crippen MR) is 163 cm³/mol. The monoisotopic (exact) mass is 714 g/mol. The van der Waals surface area contributed by atoms with Gasteiger partial charge in [0.1, 0.15) is 0 Å². The fraction of sp³-hybridized carbons (Fsp3) is 0.483. The van der Waals surface area contributed by atoms with Gasteiger partial charge in [0, 0.05) is 28.7 Å². The molecule has 0 aromatic heterocycles. The van der Waals surface area contributed by atoms with Crippen molar-refractivity contribution in [2.45, 2.75) is 73.4 Å². The molecular weight excluding hydrogens is 678 g/mol. The molecule has 0 saturated heterocycles. The third-order valence-electron chi connectivity index (χ3n) is 7.04. The topological polar surface area (TPSA) is 168 Å². The molecule has 2 aromatic carbocycles. The third-order valence-corrected chi connectivity index (χ3v) is 9.64. The largest absolute Gasteiger partial charge is 0.490 e. The molecule has 2 aromatic rings. The molecule has 18 heteroatoms. The second-order valence-corrected chi connectivity index (χ2v) is 13.9. The van der Waals surface area contributed by atoms with Gasteiger partial charge in [0.2, 0.25) is 5.91 Å². The number of benzene rings is 2. The Kier molecular flexibility index (Phi) is 14.0. The highest BCUT2D eigenvalue weighted by Gasteiger charge is 2.38. The molecule has 1 fully saturated rings. The van der Waals surface area contributed by atoms with E-state index in [0.29, 0.717) is 18.9 Å². The number of nitrogen functional groups attached to an aromatic ring is 1. The maximum Gasteiger partial charge on any atom is 0.490 e. The van der Waals surface area contributed by atoms with E-state index in [4.69, 9.17) is 15.6 Å². The number of amides is 2. The van der Waals surface area contributed by atoms with Crippen molar-refractivity contribution in [1.29, 1.82) is 0 Å². The van der Waals surface area contributed by atoms with Gasteiger partial charge in [-0.1, -0.05) is 13.8 Å². The molecule has 0 heterocycles. The number of anilines is 1. The molecule has 1 aliphatic rings. The van der Waals surface area contributed by atoms with E-state index in [1.807, 2.05) is 20.1 Å². The first-order valence-electron chi connectivity index (χ1n) is 14.1. The number of rotatable bonds is 10. The quantitative estimate of drug-likeness (QED) is 0.135. The Labute approximate surface area is 272 Å². The van der Waals surface area contributed by atoms with E-state index >= 15 is 0 Å². The summed E-state index contributed by atoms with van der Waals surface area (Å²) in [5.74, 6) is -4.78. The van der Waals surface area contributed by atoms with Crippen LogP contribution in [0, 0.1) is 5.92 Å². The van der Waals surface area contributed by atoms with Crippen molar-refractivity contribution in [3.8, 4) is 0 Å². The van der Waals surface area contributed by atoms with Crippen molar-refractivity contribution in [2.75, 3.05) is 24.3 Å². The Morgan fingerprint density at radius 1 is 1.02 bits per heavy atom. The highest BCUT2D eigenvalue weighted by Crippen LogP contribution is 2.32. The average molecular weight is 715 g/mol. The second-order valence-electron chi connectivity index (χ2n) is 11.0. The van der Waals surface area contributed by atoms with Crippen LogP contribution in [-0.4, -0.2) is 74.2 Å². The minimum atomic E-state index is -5.08. The number of hydrogen-bond acceptors (Lipinski definition) is 8. The van der Waals surface area contributed by atoms with Gasteiger partial charge in [-0.3, -0.25) is 9.59 Å². The van der Waals surface area contributed by atoms with Crippen LogP contribution < -0.4 is 21.7 Å². The van der Waals surface area contributed by atoms with Crippen LogP contribution in [0.4, 0.5) is 32.0 Å². The summed E-state index contributed by atoms with van der Waals surface area (Å²) in [4.78, 5) is 35.4. The molecule has 3 atom stereocenters. The van der Waals surface area contributed by atoms with Crippen molar-refractivity contribution in [2.24, 2.45) is 5.92 Å². The van der Waals surface area contributed by atoms with Gasteiger partial charge in [-0.2, -0.15) is 26.3 Å². The number of carboxylic acid groups (broad SMARTS) is 1. The molecule has 1 saturated carbocycles. The van der Waals surface area contributed by atoms with Crippen LogP contribution in [0.5, 0.6) is 0 Å². The molecule has 0 bridgehead atoms. The SMILES string of the molecule is CSc1ccc(S(=O)(=O)C[C@@H]2CC[C@@H](NC(C)C)C[C@@H]2NC(=O)CNC(=O)c2cc(C(F)(F)F)ccc2N)cc1.O=C(O)C(F)(F)F. The van der Waals surface area contributed by atoms with Crippen LogP contribution >= 0.6 is 11.8 Å². The van der Waals surface area contributed by atoms with Gasteiger partial charge in [0.05, 0.1) is 28.3 Å². The molecule has 0 aliphatic heterocycles. The molecule has 1 aliphatic carbocycles. The van der Waals surface area contributed by atoms with Gasteiger partial charge in [0.15, 0.2) is 9.84 Å². The van der Waals surface area contributed by atoms with E-state index in [9.17, 15) is 44.3 Å². The fourth-order valence-corrected chi connectivity index (χ4v) is 6.95. The summed E-state index contributed by atoms with van der Waals surface area (Å²) in [5.41, 5.74) is 4.11. The normalized spacial score (nSPS) is 18.6. The number of nitrogens with one attached hydrogen (secondary N) is 3. The summed E-state index contributed by atoms with van der Waals surface area (Å²) < 4.78 is 97.3. The minimum Gasteiger partial charge on any atom is -0.475 e. The molecule has 3 rings (SSSR count). The summed E-state index contributed by atoms with van der Waals surface area (Å²) >= 11 is 1.51. The first-order chi connectivity index (χ1) is 21.6. The van der Waals surface area contributed by atoms with Gasteiger partial charge in [-0.05, 0) is 73.9 Å². The van der Waals surface area contributed by atoms with E-state index in [0.717, 1.165) is 23.4 Å². The lowest BCUT2D eigenvalue weighted by Gasteiger charge is -2.37. The highest BCUT2D eigenvalue weighted by molar-refractivity contribution is 7.98. The van der Waals surface area contributed by atoms with Crippen LogP contribution in [0.25, 0.3) is 0 Å². The molecule has 0 spiro atoms. The summed E-state index contributed by atoms with van der Waals surface area (Å²) in [5, 5.41) is 15.7. The first kappa shape index (κ1) is 39.7. The Morgan fingerprint density at radius 2 is 1.62 bits per heavy atom.